The molecule has 2 heterocycles. The second-order valence-electron chi connectivity index (χ2n) is 5.27. The van der Waals surface area contributed by atoms with Crippen LogP contribution in [0.1, 0.15) is 29.9 Å². The van der Waals surface area contributed by atoms with E-state index in [1.165, 1.54) is 0 Å². The Hall–Kier alpha value is -1.51. The lowest BCUT2D eigenvalue weighted by Crippen LogP contribution is -2.46. The fourth-order valence-electron chi connectivity index (χ4n) is 2.10. The molecule has 5 heteroatoms. The van der Waals surface area contributed by atoms with E-state index in [9.17, 15) is 4.79 Å². The molecule has 2 rings (SSSR count). The van der Waals surface area contributed by atoms with Gasteiger partial charge < -0.3 is 10.6 Å². The molecule has 0 unspecified atom stereocenters. The van der Waals surface area contributed by atoms with Gasteiger partial charge in [-0.15, -0.1) is 0 Å². The van der Waals surface area contributed by atoms with E-state index in [0.717, 1.165) is 24.4 Å². The minimum atomic E-state index is -0.00305. The van der Waals surface area contributed by atoms with E-state index in [4.69, 9.17) is 5.73 Å². The van der Waals surface area contributed by atoms with Crippen LogP contribution < -0.4 is 5.73 Å². The lowest BCUT2D eigenvalue weighted by Gasteiger charge is -2.37. The lowest BCUT2D eigenvalue weighted by atomic mass is 10.1. The zero-order valence-electron chi connectivity index (χ0n) is 11.8. The Bertz CT molecular complexity index is 542. The van der Waals surface area contributed by atoms with Gasteiger partial charge in [0.2, 0.25) is 0 Å². The number of hydrogen-bond donors (Lipinski definition) is 1. The molecule has 0 atom stereocenters. The first-order valence-corrected chi connectivity index (χ1v) is 7.59. The van der Waals surface area contributed by atoms with Crippen LogP contribution >= 0.6 is 11.8 Å². The number of carbonyl (C=O) groups excluding carboxylic acids is 1. The van der Waals surface area contributed by atoms with Gasteiger partial charge in [0.1, 0.15) is 5.69 Å². The smallest absolute Gasteiger partial charge is 0.272 e. The average Bonchev–Trinajstić information content (AvgIpc) is 2.44. The van der Waals surface area contributed by atoms with E-state index >= 15 is 0 Å². The molecule has 1 aromatic rings. The number of carbonyl (C=O) groups is 1. The van der Waals surface area contributed by atoms with Gasteiger partial charge in [0.05, 0.1) is 6.54 Å². The third-order valence-corrected chi connectivity index (χ3v) is 4.33. The molecule has 106 valence electrons. The molecule has 20 heavy (non-hydrogen) atoms. The van der Waals surface area contributed by atoms with Crippen molar-refractivity contribution in [2.75, 3.05) is 25.4 Å². The number of hydrogen-bond acceptors (Lipinski definition) is 4. The summed E-state index contributed by atoms with van der Waals surface area (Å²) >= 11 is 1.90. The summed E-state index contributed by atoms with van der Waals surface area (Å²) in [6.07, 6.45) is 1.62. The number of pyridine rings is 1. The number of aromatic nitrogens is 1. The number of rotatable bonds is 1. The van der Waals surface area contributed by atoms with Gasteiger partial charge in [0.15, 0.2) is 0 Å². The highest BCUT2D eigenvalue weighted by Crippen LogP contribution is 2.29. The maximum Gasteiger partial charge on any atom is 0.272 e. The lowest BCUT2D eigenvalue weighted by molar-refractivity contribution is 0.0742. The molecule has 4 nitrogen and oxygen atoms in total. The van der Waals surface area contributed by atoms with Crippen LogP contribution in [-0.2, 0) is 0 Å². The summed E-state index contributed by atoms with van der Waals surface area (Å²) in [4.78, 5) is 18.5. The van der Waals surface area contributed by atoms with E-state index in [-0.39, 0.29) is 10.7 Å². The Labute approximate surface area is 124 Å². The van der Waals surface area contributed by atoms with Gasteiger partial charge in [-0.2, -0.15) is 11.8 Å². The number of amides is 1. The first kappa shape index (κ1) is 14.9. The first-order chi connectivity index (χ1) is 9.52. The maximum atomic E-state index is 12.4. The number of nitrogens with zero attached hydrogens (tertiary/aromatic N) is 2. The van der Waals surface area contributed by atoms with Crippen LogP contribution in [0.15, 0.2) is 18.3 Å². The Morgan fingerprint density at radius 3 is 2.95 bits per heavy atom. The molecular weight excluding hydrogens is 270 g/mol. The average molecular weight is 289 g/mol. The normalized spacial score (nSPS) is 17.2. The Morgan fingerprint density at radius 2 is 2.35 bits per heavy atom. The quantitative estimate of drug-likeness (QED) is 0.793. The van der Waals surface area contributed by atoms with Crippen LogP contribution in [0, 0.1) is 11.8 Å². The van der Waals surface area contributed by atoms with E-state index in [1.54, 1.807) is 12.3 Å². The topological polar surface area (TPSA) is 59.2 Å². The zero-order chi connectivity index (χ0) is 14.6. The number of nitrogens with two attached hydrogens (primary N) is 1. The number of thioether (sulfide) groups is 1. The SMILES string of the molecule is CC1(C)CN(C(=O)c2ccc(C#CCN)cn2)CCS1. The van der Waals surface area contributed by atoms with Crippen LogP contribution in [0.4, 0.5) is 0 Å². The Morgan fingerprint density at radius 1 is 1.55 bits per heavy atom. The van der Waals surface area contributed by atoms with Gasteiger partial charge in [0, 0.05) is 35.3 Å². The van der Waals surface area contributed by atoms with Crippen LogP contribution in [0.3, 0.4) is 0 Å². The monoisotopic (exact) mass is 289 g/mol. The van der Waals surface area contributed by atoms with Crippen molar-refractivity contribution in [3.8, 4) is 11.8 Å². The fraction of sp³-hybridized carbons (Fsp3) is 0.467. The van der Waals surface area contributed by atoms with Crippen LogP contribution in [0.5, 0.6) is 0 Å². The Kier molecular flexibility index (Phi) is 4.69. The third-order valence-electron chi connectivity index (χ3n) is 3.03. The maximum absolute atomic E-state index is 12.4. The predicted octanol–water partition coefficient (Wildman–Crippen LogP) is 1.36. The molecule has 1 saturated heterocycles. The molecule has 1 aliphatic rings. The minimum Gasteiger partial charge on any atom is -0.335 e. The van der Waals surface area contributed by atoms with Gasteiger partial charge in [0.25, 0.3) is 5.91 Å². The molecule has 1 fully saturated rings. The fourth-order valence-corrected chi connectivity index (χ4v) is 3.21. The summed E-state index contributed by atoms with van der Waals surface area (Å²) in [5, 5.41) is 0. The van der Waals surface area contributed by atoms with Gasteiger partial charge in [-0.1, -0.05) is 11.8 Å². The summed E-state index contributed by atoms with van der Waals surface area (Å²) in [6, 6.07) is 3.55. The van der Waals surface area contributed by atoms with E-state index in [1.807, 2.05) is 22.7 Å². The van der Waals surface area contributed by atoms with Crippen molar-refractivity contribution in [2.45, 2.75) is 18.6 Å². The van der Waals surface area contributed by atoms with Crippen LogP contribution in [0.25, 0.3) is 0 Å². The summed E-state index contributed by atoms with van der Waals surface area (Å²) < 4.78 is 0.112. The highest BCUT2D eigenvalue weighted by Gasteiger charge is 2.30. The molecule has 0 radical (unpaired) electrons. The standard InChI is InChI=1S/C15H19N3OS/c1-15(2)11-18(8-9-20-15)14(19)13-6-5-12(10-17-13)4-3-7-16/h5-6,10H,7-9,11,16H2,1-2H3. The van der Waals surface area contributed by atoms with Gasteiger partial charge in [-0.3, -0.25) is 4.79 Å². The second-order valence-corrected chi connectivity index (χ2v) is 7.07. The minimum absolute atomic E-state index is 0.00305. The van der Waals surface area contributed by atoms with Crippen molar-refractivity contribution in [1.29, 1.82) is 0 Å². The summed E-state index contributed by atoms with van der Waals surface area (Å²) in [5.74, 6) is 6.63. The third kappa shape index (κ3) is 3.75. The summed E-state index contributed by atoms with van der Waals surface area (Å²) in [6.45, 7) is 6.18. The highest BCUT2D eigenvalue weighted by atomic mass is 32.2. The molecule has 1 amide bonds. The summed E-state index contributed by atoms with van der Waals surface area (Å²) in [7, 11) is 0. The second kappa shape index (κ2) is 6.29. The van der Waals surface area contributed by atoms with Gasteiger partial charge in [-0.05, 0) is 26.0 Å². The van der Waals surface area contributed by atoms with Crippen molar-refractivity contribution >= 4 is 17.7 Å². The van der Waals surface area contributed by atoms with Gasteiger partial charge >= 0.3 is 0 Å². The van der Waals surface area contributed by atoms with Crippen molar-refractivity contribution in [3.05, 3.63) is 29.6 Å². The highest BCUT2D eigenvalue weighted by molar-refractivity contribution is 8.00. The predicted molar refractivity (Wildman–Crippen MR) is 82.6 cm³/mol. The largest absolute Gasteiger partial charge is 0.335 e. The molecule has 0 bridgehead atoms. The van der Waals surface area contributed by atoms with Crippen molar-refractivity contribution < 1.29 is 4.79 Å². The molecule has 1 aliphatic heterocycles. The molecule has 0 aliphatic carbocycles. The van der Waals surface area contributed by atoms with Crippen LogP contribution in [0.2, 0.25) is 0 Å². The van der Waals surface area contributed by atoms with E-state index in [2.05, 4.69) is 30.7 Å². The van der Waals surface area contributed by atoms with Crippen LogP contribution in [-0.4, -0.2) is 45.9 Å². The molecular formula is C15H19N3OS. The first-order valence-electron chi connectivity index (χ1n) is 6.60. The van der Waals surface area contributed by atoms with E-state index in [0.29, 0.717) is 12.2 Å². The molecule has 2 N–H and O–H groups in total. The zero-order valence-corrected chi connectivity index (χ0v) is 12.7. The van der Waals surface area contributed by atoms with E-state index < -0.39 is 0 Å². The van der Waals surface area contributed by atoms with Crippen molar-refractivity contribution in [2.24, 2.45) is 5.73 Å². The summed E-state index contributed by atoms with van der Waals surface area (Å²) in [5.41, 5.74) is 6.58. The van der Waals surface area contributed by atoms with Gasteiger partial charge in [-0.25, -0.2) is 4.98 Å². The van der Waals surface area contributed by atoms with Crippen molar-refractivity contribution in [1.82, 2.24) is 9.88 Å². The molecule has 0 aromatic carbocycles. The van der Waals surface area contributed by atoms with Crippen molar-refractivity contribution in [3.63, 3.8) is 0 Å². The molecule has 0 spiro atoms. The molecule has 0 saturated carbocycles. The Balaban J connectivity index is 2.09. The molecule has 1 aromatic heterocycles.